The number of hydrogen-bond donors (Lipinski definition) is 1. The SMILES string of the molecule is Cc1c(S(=O)(=O)c2ccc(F)cc2)c(N)n(C[C@H]2CCCO2)c1C. The number of rotatable bonds is 4. The molecule has 0 bridgehead atoms. The van der Waals surface area contributed by atoms with Crippen molar-refractivity contribution >= 4 is 15.7 Å². The standard InChI is InChI=1S/C17H21FN2O3S/c1-11-12(2)20(10-14-4-3-9-23-14)17(19)16(11)24(21,22)15-7-5-13(18)6-8-15/h5-8,14H,3-4,9-10,19H2,1-2H3/t14-/m1/s1. The fraction of sp³-hybridized carbons (Fsp3) is 0.412. The van der Waals surface area contributed by atoms with E-state index >= 15 is 0 Å². The molecule has 130 valence electrons. The van der Waals surface area contributed by atoms with Crippen LogP contribution in [0.5, 0.6) is 0 Å². The minimum atomic E-state index is -3.81. The summed E-state index contributed by atoms with van der Waals surface area (Å²) < 4.78 is 46.4. The van der Waals surface area contributed by atoms with E-state index < -0.39 is 15.7 Å². The third-order valence-electron chi connectivity index (χ3n) is 4.61. The molecule has 2 heterocycles. The lowest BCUT2D eigenvalue weighted by Gasteiger charge is -2.14. The summed E-state index contributed by atoms with van der Waals surface area (Å²) in [5.41, 5.74) is 7.62. The van der Waals surface area contributed by atoms with Gasteiger partial charge in [-0.15, -0.1) is 0 Å². The summed E-state index contributed by atoms with van der Waals surface area (Å²) in [6, 6.07) is 4.79. The van der Waals surface area contributed by atoms with Crippen LogP contribution in [-0.2, 0) is 21.1 Å². The summed E-state index contributed by atoms with van der Waals surface area (Å²) in [5.74, 6) is -0.268. The van der Waals surface area contributed by atoms with Crippen LogP contribution in [-0.4, -0.2) is 25.7 Å². The molecule has 1 aromatic heterocycles. The molecule has 0 amide bonds. The lowest BCUT2D eigenvalue weighted by atomic mass is 10.2. The number of sulfone groups is 1. The highest BCUT2D eigenvalue weighted by molar-refractivity contribution is 7.91. The van der Waals surface area contributed by atoms with Crippen molar-refractivity contribution in [3.8, 4) is 0 Å². The van der Waals surface area contributed by atoms with Crippen LogP contribution in [0.1, 0.15) is 24.1 Å². The molecular weight excluding hydrogens is 331 g/mol. The molecule has 0 spiro atoms. The van der Waals surface area contributed by atoms with Crippen molar-refractivity contribution in [3.63, 3.8) is 0 Å². The molecule has 1 saturated heterocycles. The Hall–Kier alpha value is -1.86. The molecular formula is C17H21FN2O3S. The lowest BCUT2D eigenvalue weighted by molar-refractivity contribution is 0.0970. The van der Waals surface area contributed by atoms with Crippen molar-refractivity contribution in [2.75, 3.05) is 12.3 Å². The molecule has 2 N–H and O–H groups in total. The van der Waals surface area contributed by atoms with E-state index in [9.17, 15) is 12.8 Å². The zero-order chi connectivity index (χ0) is 17.5. The van der Waals surface area contributed by atoms with Gasteiger partial charge >= 0.3 is 0 Å². The van der Waals surface area contributed by atoms with E-state index in [0.717, 1.165) is 37.3 Å². The van der Waals surface area contributed by atoms with Gasteiger partial charge in [-0.2, -0.15) is 0 Å². The number of ether oxygens (including phenoxy) is 1. The maximum atomic E-state index is 13.1. The summed E-state index contributed by atoms with van der Waals surface area (Å²) in [7, 11) is -3.81. The van der Waals surface area contributed by atoms with E-state index in [1.165, 1.54) is 12.1 Å². The molecule has 1 atom stereocenters. The number of nitrogens with two attached hydrogens (primary N) is 1. The maximum Gasteiger partial charge on any atom is 0.210 e. The number of hydrogen-bond acceptors (Lipinski definition) is 4. The van der Waals surface area contributed by atoms with Crippen molar-refractivity contribution in [3.05, 3.63) is 41.3 Å². The predicted octanol–water partition coefficient (Wildman–Crippen LogP) is 2.84. The van der Waals surface area contributed by atoms with Crippen LogP contribution in [0.3, 0.4) is 0 Å². The quantitative estimate of drug-likeness (QED) is 0.859. The fourth-order valence-electron chi connectivity index (χ4n) is 3.16. The average molecular weight is 352 g/mol. The first-order valence-electron chi connectivity index (χ1n) is 7.89. The van der Waals surface area contributed by atoms with Crippen molar-refractivity contribution < 1.29 is 17.5 Å². The predicted molar refractivity (Wildman–Crippen MR) is 89.1 cm³/mol. The second-order valence-corrected chi connectivity index (χ2v) is 8.01. The van der Waals surface area contributed by atoms with Crippen LogP contribution in [0.2, 0.25) is 0 Å². The Morgan fingerprint density at radius 2 is 1.96 bits per heavy atom. The van der Waals surface area contributed by atoms with Gasteiger partial charge in [0.25, 0.3) is 0 Å². The fourth-order valence-corrected chi connectivity index (χ4v) is 4.83. The van der Waals surface area contributed by atoms with Crippen LogP contribution in [0.25, 0.3) is 0 Å². The molecule has 7 heteroatoms. The van der Waals surface area contributed by atoms with Gasteiger partial charge in [0, 0.05) is 12.3 Å². The lowest BCUT2D eigenvalue weighted by Crippen LogP contribution is -2.18. The van der Waals surface area contributed by atoms with Crippen molar-refractivity contribution in [1.82, 2.24) is 4.57 Å². The van der Waals surface area contributed by atoms with E-state index in [1.807, 2.05) is 11.5 Å². The Morgan fingerprint density at radius 3 is 2.54 bits per heavy atom. The third kappa shape index (κ3) is 2.82. The zero-order valence-corrected chi connectivity index (χ0v) is 14.6. The minimum Gasteiger partial charge on any atom is -0.384 e. The molecule has 1 aromatic carbocycles. The van der Waals surface area contributed by atoms with E-state index in [1.54, 1.807) is 6.92 Å². The van der Waals surface area contributed by atoms with Crippen LogP contribution in [0.4, 0.5) is 10.2 Å². The van der Waals surface area contributed by atoms with Gasteiger partial charge in [0.2, 0.25) is 9.84 Å². The van der Waals surface area contributed by atoms with Gasteiger partial charge in [-0.1, -0.05) is 0 Å². The summed E-state index contributed by atoms with van der Waals surface area (Å²) in [6.45, 7) is 4.86. The summed E-state index contributed by atoms with van der Waals surface area (Å²) in [6.07, 6.45) is 2.00. The number of halogens is 1. The Morgan fingerprint density at radius 1 is 1.29 bits per heavy atom. The second-order valence-electron chi connectivity index (χ2n) is 6.13. The Balaban J connectivity index is 2.06. The van der Waals surface area contributed by atoms with Crippen molar-refractivity contribution in [2.24, 2.45) is 0 Å². The van der Waals surface area contributed by atoms with Crippen LogP contribution < -0.4 is 5.73 Å². The summed E-state index contributed by atoms with van der Waals surface area (Å²) in [5, 5.41) is 0. The first kappa shape index (κ1) is 17.0. The van der Waals surface area contributed by atoms with Gasteiger partial charge in [-0.05, 0) is 56.5 Å². The van der Waals surface area contributed by atoms with Crippen molar-refractivity contribution in [1.29, 1.82) is 0 Å². The molecule has 1 aliphatic rings. The number of anilines is 1. The highest BCUT2D eigenvalue weighted by Gasteiger charge is 2.29. The molecule has 5 nitrogen and oxygen atoms in total. The highest BCUT2D eigenvalue weighted by Crippen LogP contribution is 2.34. The van der Waals surface area contributed by atoms with Gasteiger partial charge in [-0.25, -0.2) is 12.8 Å². The molecule has 1 aliphatic heterocycles. The molecule has 0 unspecified atom stereocenters. The average Bonchev–Trinajstić information content (AvgIpc) is 3.11. The number of aromatic nitrogens is 1. The van der Waals surface area contributed by atoms with Crippen LogP contribution in [0, 0.1) is 19.7 Å². The Kier molecular flexibility index (Phi) is 4.40. The number of benzene rings is 1. The van der Waals surface area contributed by atoms with E-state index in [0.29, 0.717) is 12.1 Å². The van der Waals surface area contributed by atoms with Gasteiger partial charge in [0.05, 0.1) is 17.5 Å². The molecule has 1 fully saturated rings. The van der Waals surface area contributed by atoms with Crippen molar-refractivity contribution in [2.45, 2.75) is 49.1 Å². The van der Waals surface area contributed by atoms with Gasteiger partial charge in [0.15, 0.2) is 0 Å². The largest absolute Gasteiger partial charge is 0.384 e. The Labute approximate surface area is 141 Å². The van der Waals surface area contributed by atoms with Gasteiger partial charge in [0.1, 0.15) is 16.5 Å². The summed E-state index contributed by atoms with van der Waals surface area (Å²) >= 11 is 0. The molecule has 0 radical (unpaired) electrons. The Bertz CT molecular complexity index is 851. The van der Waals surface area contributed by atoms with Gasteiger partial charge in [-0.3, -0.25) is 0 Å². The van der Waals surface area contributed by atoms with E-state index in [2.05, 4.69) is 0 Å². The molecule has 2 aromatic rings. The third-order valence-corrected chi connectivity index (χ3v) is 6.56. The molecule has 0 saturated carbocycles. The van der Waals surface area contributed by atoms with E-state index in [4.69, 9.17) is 10.5 Å². The first-order chi connectivity index (χ1) is 11.3. The highest BCUT2D eigenvalue weighted by atomic mass is 32.2. The van der Waals surface area contributed by atoms with Gasteiger partial charge < -0.3 is 15.0 Å². The summed E-state index contributed by atoms with van der Waals surface area (Å²) in [4.78, 5) is 0.137. The number of nitrogens with zero attached hydrogens (tertiary/aromatic N) is 1. The first-order valence-corrected chi connectivity index (χ1v) is 9.38. The number of nitrogen functional groups attached to an aromatic ring is 1. The molecule has 24 heavy (non-hydrogen) atoms. The van der Waals surface area contributed by atoms with E-state index in [-0.39, 0.29) is 21.7 Å². The monoisotopic (exact) mass is 352 g/mol. The smallest absolute Gasteiger partial charge is 0.210 e. The maximum absolute atomic E-state index is 13.1. The molecule has 3 rings (SSSR count). The van der Waals surface area contributed by atoms with Crippen LogP contribution >= 0.6 is 0 Å². The van der Waals surface area contributed by atoms with Crippen LogP contribution in [0.15, 0.2) is 34.1 Å². The second kappa shape index (κ2) is 6.22. The normalized spacial score (nSPS) is 18.2. The topological polar surface area (TPSA) is 74.3 Å². The zero-order valence-electron chi connectivity index (χ0n) is 13.8. The minimum absolute atomic E-state index is 0.0352. The molecule has 0 aliphatic carbocycles.